The van der Waals surface area contributed by atoms with Gasteiger partial charge >= 0.3 is 0 Å². The van der Waals surface area contributed by atoms with Crippen LogP contribution < -0.4 is 5.32 Å². The van der Waals surface area contributed by atoms with Crippen molar-refractivity contribution < 1.29 is 13.6 Å². The first kappa shape index (κ1) is 18.2. The maximum Gasteiger partial charge on any atom is 0.237 e. The molecule has 1 N–H and O–H groups in total. The van der Waals surface area contributed by atoms with E-state index >= 15 is 0 Å². The summed E-state index contributed by atoms with van der Waals surface area (Å²) in [5.41, 5.74) is 1.30. The van der Waals surface area contributed by atoms with Crippen molar-refractivity contribution in [2.45, 2.75) is 37.7 Å². The van der Waals surface area contributed by atoms with Crippen molar-refractivity contribution in [1.29, 1.82) is 0 Å². The fourth-order valence-corrected chi connectivity index (χ4v) is 3.41. The van der Waals surface area contributed by atoms with Crippen LogP contribution in [0.2, 0.25) is 0 Å². The van der Waals surface area contributed by atoms with Crippen LogP contribution in [-0.2, 0) is 11.3 Å². The molecule has 1 amide bonds. The van der Waals surface area contributed by atoms with Gasteiger partial charge in [0.2, 0.25) is 5.91 Å². The third-order valence-electron chi connectivity index (χ3n) is 3.88. The summed E-state index contributed by atoms with van der Waals surface area (Å²) in [6, 6.07) is 7.66. The van der Waals surface area contributed by atoms with Gasteiger partial charge in [0.1, 0.15) is 11.6 Å². The Morgan fingerprint density at radius 3 is 2.85 bits per heavy atom. The molecule has 1 aromatic carbocycles. The minimum atomic E-state index is -0.425. The van der Waals surface area contributed by atoms with Crippen molar-refractivity contribution in [2.75, 3.05) is 5.32 Å². The Morgan fingerprint density at radius 1 is 1.38 bits per heavy atom. The molecule has 2 aromatic heterocycles. The Labute approximate surface area is 154 Å². The Bertz CT molecular complexity index is 922. The highest BCUT2D eigenvalue weighted by Gasteiger charge is 2.21. The number of amides is 1. The summed E-state index contributed by atoms with van der Waals surface area (Å²) in [5.74, 6) is 0.848. The summed E-state index contributed by atoms with van der Waals surface area (Å²) >= 11 is 1.30. The van der Waals surface area contributed by atoms with Gasteiger partial charge in [0.25, 0.3) is 0 Å². The van der Waals surface area contributed by atoms with Crippen LogP contribution in [0, 0.1) is 12.7 Å². The maximum absolute atomic E-state index is 13.2. The predicted molar refractivity (Wildman–Crippen MR) is 98.5 cm³/mol. The summed E-state index contributed by atoms with van der Waals surface area (Å²) < 4.78 is 20.5. The van der Waals surface area contributed by atoms with Gasteiger partial charge < -0.3 is 14.3 Å². The number of aryl methyl sites for hydroxylation is 1. The summed E-state index contributed by atoms with van der Waals surface area (Å²) in [5, 5.41) is 11.4. The molecule has 0 aliphatic heterocycles. The molecule has 3 aromatic rings. The van der Waals surface area contributed by atoms with Gasteiger partial charge in [-0.1, -0.05) is 17.8 Å². The van der Waals surface area contributed by atoms with E-state index in [0.29, 0.717) is 23.2 Å². The van der Waals surface area contributed by atoms with Gasteiger partial charge in [-0.3, -0.25) is 4.79 Å². The highest BCUT2D eigenvalue weighted by molar-refractivity contribution is 8.00. The molecule has 136 valence electrons. The standard InChI is InChI=1S/C18H19FN4O2S/c1-4-23-16(15-8-9-25-11(15)2)21-22-18(23)26-12(3)17(24)20-14-7-5-6-13(19)10-14/h5-10,12H,4H2,1-3H3,(H,20,24)/t12-/m0/s1. The molecule has 0 saturated heterocycles. The lowest BCUT2D eigenvalue weighted by Gasteiger charge is -2.12. The fraction of sp³-hybridized carbons (Fsp3) is 0.278. The predicted octanol–water partition coefficient (Wildman–Crippen LogP) is 4.12. The normalized spacial score (nSPS) is 12.2. The Balaban J connectivity index is 1.75. The first-order chi connectivity index (χ1) is 12.5. The molecule has 2 heterocycles. The van der Waals surface area contributed by atoms with E-state index in [1.54, 1.807) is 25.3 Å². The van der Waals surface area contributed by atoms with Crippen molar-refractivity contribution in [3.63, 3.8) is 0 Å². The molecular formula is C18H19FN4O2S. The Hall–Kier alpha value is -2.61. The van der Waals surface area contributed by atoms with Crippen LogP contribution in [0.4, 0.5) is 10.1 Å². The molecule has 0 bridgehead atoms. The Morgan fingerprint density at radius 2 is 2.19 bits per heavy atom. The van der Waals surface area contributed by atoms with Crippen LogP contribution in [0.25, 0.3) is 11.4 Å². The van der Waals surface area contributed by atoms with E-state index in [1.165, 1.54) is 23.9 Å². The number of halogens is 1. The molecule has 8 heteroatoms. The zero-order valence-corrected chi connectivity index (χ0v) is 15.5. The van der Waals surface area contributed by atoms with Crippen LogP contribution in [0.1, 0.15) is 19.6 Å². The number of furan rings is 1. The molecule has 0 aliphatic carbocycles. The summed E-state index contributed by atoms with van der Waals surface area (Å²) in [6.07, 6.45) is 1.61. The zero-order valence-electron chi connectivity index (χ0n) is 14.7. The molecule has 0 fully saturated rings. The van der Waals surface area contributed by atoms with Gasteiger partial charge in [0.05, 0.1) is 17.1 Å². The van der Waals surface area contributed by atoms with E-state index in [9.17, 15) is 9.18 Å². The van der Waals surface area contributed by atoms with Crippen LogP contribution >= 0.6 is 11.8 Å². The van der Waals surface area contributed by atoms with Crippen LogP contribution in [0.15, 0.2) is 46.2 Å². The van der Waals surface area contributed by atoms with Crippen LogP contribution in [-0.4, -0.2) is 25.9 Å². The Kier molecular flexibility index (Phi) is 5.41. The van der Waals surface area contributed by atoms with Gasteiger partial charge in [-0.15, -0.1) is 10.2 Å². The second-order valence-corrected chi connectivity index (χ2v) is 7.01. The second kappa shape index (κ2) is 7.74. The van der Waals surface area contributed by atoms with E-state index in [1.807, 2.05) is 24.5 Å². The van der Waals surface area contributed by atoms with E-state index in [2.05, 4.69) is 15.5 Å². The first-order valence-corrected chi connectivity index (χ1v) is 9.08. The number of benzene rings is 1. The average Bonchev–Trinajstić information content (AvgIpc) is 3.20. The molecule has 26 heavy (non-hydrogen) atoms. The van der Waals surface area contributed by atoms with E-state index in [0.717, 1.165) is 11.3 Å². The maximum atomic E-state index is 13.2. The number of nitrogens with one attached hydrogen (secondary N) is 1. The van der Waals surface area contributed by atoms with E-state index < -0.39 is 11.1 Å². The lowest BCUT2D eigenvalue weighted by Crippen LogP contribution is -2.23. The highest BCUT2D eigenvalue weighted by atomic mass is 32.2. The number of nitrogens with zero attached hydrogens (tertiary/aromatic N) is 3. The molecule has 3 rings (SSSR count). The number of thioether (sulfide) groups is 1. The number of rotatable bonds is 6. The van der Waals surface area contributed by atoms with Crippen molar-refractivity contribution >= 4 is 23.4 Å². The fourth-order valence-electron chi connectivity index (χ4n) is 2.50. The number of aromatic nitrogens is 3. The second-order valence-electron chi connectivity index (χ2n) is 5.70. The van der Waals surface area contributed by atoms with Gasteiger partial charge in [-0.2, -0.15) is 0 Å². The summed E-state index contributed by atoms with van der Waals surface area (Å²) in [7, 11) is 0. The molecular weight excluding hydrogens is 355 g/mol. The molecule has 0 radical (unpaired) electrons. The number of carbonyl (C=O) groups excluding carboxylic acids is 1. The lowest BCUT2D eigenvalue weighted by molar-refractivity contribution is -0.115. The third-order valence-corrected chi connectivity index (χ3v) is 4.96. The minimum Gasteiger partial charge on any atom is -0.469 e. The molecule has 0 saturated carbocycles. The summed E-state index contributed by atoms with van der Waals surface area (Å²) in [4.78, 5) is 12.4. The number of carbonyl (C=O) groups is 1. The third kappa shape index (κ3) is 3.80. The monoisotopic (exact) mass is 374 g/mol. The quantitative estimate of drug-likeness (QED) is 0.657. The number of hydrogen-bond acceptors (Lipinski definition) is 5. The van der Waals surface area contributed by atoms with Crippen LogP contribution in [0.3, 0.4) is 0 Å². The highest BCUT2D eigenvalue weighted by Crippen LogP contribution is 2.29. The molecule has 6 nitrogen and oxygen atoms in total. The van der Waals surface area contributed by atoms with Crippen molar-refractivity contribution in [3.8, 4) is 11.4 Å². The summed E-state index contributed by atoms with van der Waals surface area (Å²) in [6.45, 7) is 6.29. The number of hydrogen-bond donors (Lipinski definition) is 1. The van der Waals surface area contributed by atoms with Gasteiger partial charge in [-0.05, 0) is 45.0 Å². The van der Waals surface area contributed by atoms with E-state index in [-0.39, 0.29) is 5.91 Å². The first-order valence-electron chi connectivity index (χ1n) is 8.20. The minimum absolute atomic E-state index is 0.229. The van der Waals surface area contributed by atoms with Crippen molar-refractivity contribution in [1.82, 2.24) is 14.8 Å². The zero-order chi connectivity index (χ0) is 18.7. The molecule has 0 unspecified atom stereocenters. The van der Waals surface area contributed by atoms with E-state index in [4.69, 9.17) is 4.42 Å². The van der Waals surface area contributed by atoms with Crippen molar-refractivity contribution in [2.24, 2.45) is 0 Å². The van der Waals surface area contributed by atoms with Crippen LogP contribution in [0.5, 0.6) is 0 Å². The smallest absolute Gasteiger partial charge is 0.237 e. The van der Waals surface area contributed by atoms with Gasteiger partial charge in [0.15, 0.2) is 11.0 Å². The lowest BCUT2D eigenvalue weighted by atomic mass is 10.2. The SMILES string of the molecule is CCn1c(S[C@@H](C)C(=O)Nc2cccc(F)c2)nnc1-c1ccoc1C. The molecule has 0 spiro atoms. The molecule has 0 aliphatic rings. The topological polar surface area (TPSA) is 73.0 Å². The largest absolute Gasteiger partial charge is 0.469 e. The van der Waals surface area contributed by atoms with Crippen molar-refractivity contribution in [3.05, 3.63) is 48.2 Å². The number of anilines is 1. The van der Waals surface area contributed by atoms with Gasteiger partial charge in [-0.25, -0.2) is 4.39 Å². The van der Waals surface area contributed by atoms with Gasteiger partial charge in [0, 0.05) is 12.2 Å². The molecule has 1 atom stereocenters. The average molecular weight is 374 g/mol.